The summed E-state index contributed by atoms with van der Waals surface area (Å²) in [4.78, 5) is 0. The van der Waals surface area contributed by atoms with Crippen molar-refractivity contribution in [1.82, 2.24) is 15.1 Å². The molecule has 0 radical (unpaired) electrons. The molecule has 5 heteroatoms. The third-order valence-electron chi connectivity index (χ3n) is 3.20. The van der Waals surface area contributed by atoms with Crippen molar-refractivity contribution >= 4 is 27.5 Å². The van der Waals surface area contributed by atoms with Crippen molar-refractivity contribution in [3.63, 3.8) is 0 Å². The van der Waals surface area contributed by atoms with Crippen LogP contribution in [0.15, 0.2) is 0 Å². The van der Waals surface area contributed by atoms with Crippen molar-refractivity contribution in [2.75, 3.05) is 5.33 Å². The molecule has 3 nitrogen and oxygen atoms in total. The van der Waals surface area contributed by atoms with Gasteiger partial charge in [0.2, 0.25) is 0 Å². The second-order valence-electron chi connectivity index (χ2n) is 4.76. The van der Waals surface area contributed by atoms with Crippen LogP contribution in [-0.4, -0.2) is 21.2 Å². The fourth-order valence-electron chi connectivity index (χ4n) is 1.88. The van der Waals surface area contributed by atoms with E-state index in [9.17, 15) is 0 Å². The van der Waals surface area contributed by atoms with Crippen molar-refractivity contribution in [3.05, 3.63) is 16.4 Å². The molecule has 0 bridgehead atoms. The van der Waals surface area contributed by atoms with Crippen LogP contribution in [0.3, 0.4) is 0 Å². The molecule has 104 valence electrons. The molecule has 1 unspecified atom stereocenters. The maximum absolute atomic E-state index is 6.38. The normalized spacial score (nSPS) is 13.3. The van der Waals surface area contributed by atoms with Gasteiger partial charge in [-0.2, -0.15) is 5.10 Å². The third kappa shape index (κ3) is 3.72. The van der Waals surface area contributed by atoms with E-state index in [0.717, 1.165) is 41.3 Å². The first kappa shape index (κ1) is 16.0. The Morgan fingerprint density at radius 3 is 2.50 bits per heavy atom. The molecule has 0 aromatic carbocycles. The summed E-state index contributed by atoms with van der Waals surface area (Å²) in [6, 6.07) is 0.450. The highest BCUT2D eigenvalue weighted by Gasteiger charge is 2.17. The summed E-state index contributed by atoms with van der Waals surface area (Å²) in [5.41, 5.74) is 2.10. The zero-order valence-electron chi connectivity index (χ0n) is 11.6. The third-order valence-corrected chi connectivity index (χ3v) is 4.33. The van der Waals surface area contributed by atoms with E-state index in [-0.39, 0.29) is 0 Å². The van der Waals surface area contributed by atoms with Gasteiger partial charge in [-0.1, -0.05) is 48.3 Å². The van der Waals surface area contributed by atoms with E-state index in [1.807, 2.05) is 4.68 Å². The van der Waals surface area contributed by atoms with Crippen LogP contribution in [0.4, 0.5) is 0 Å². The van der Waals surface area contributed by atoms with Crippen LogP contribution in [0, 0.1) is 5.92 Å². The molecular weight excluding hydrogens is 314 g/mol. The number of hydrogen-bond donors (Lipinski definition) is 1. The van der Waals surface area contributed by atoms with Gasteiger partial charge >= 0.3 is 0 Å². The van der Waals surface area contributed by atoms with E-state index in [4.69, 9.17) is 11.6 Å². The van der Waals surface area contributed by atoms with E-state index in [1.54, 1.807) is 0 Å². The Bertz CT molecular complexity index is 377. The monoisotopic (exact) mass is 335 g/mol. The number of rotatable bonds is 7. The maximum Gasteiger partial charge on any atom is 0.0863 e. The van der Waals surface area contributed by atoms with Crippen LogP contribution in [-0.2, 0) is 19.5 Å². The number of aromatic nitrogens is 2. The van der Waals surface area contributed by atoms with Crippen LogP contribution in [0.25, 0.3) is 0 Å². The smallest absolute Gasteiger partial charge is 0.0863 e. The Morgan fingerprint density at radius 2 is 2.06 bits per heavy atom. The number of alkyl halides is 1. The molecule has 0 aliphatic carbocycles. The first-order valence-electron chi connectivity index (χ1n) is 6.58. The van der Waals surface area contributed by atoms with E-state index in [1.165, 1.54) is 0 Å². The molecule has 0 saturated carbocycles. The summed E-state index contributed by atoms with van der Waals surface area (Å²) in [6.45, 7) is 10.2. The zero-order chi connectivity index (χ0) is 13.7. The second kappa shape index (κ2) is 7.51. The molecule has 1 heterocycles. The van der Waals surface area contributed by atoms with Gasteiger partial charge in [0.25, 0.3) is 0 Å². The number of nitrogens with one attached hydrogen (secondary N) is 1. The molecule has 0 amide bonds. The average molecular weight is 337 g/mol. The lowest BCUT2D eigenvalue weighted by Crippen LogP contribution is -2.35. The molecule has 0 aliphatic rings. The van der Waals surface area contributed by atoms with Crippen LogP contribution in [0.2, 0.25) is 5.02 Å². The SMILES string of the molecule is CCc1nn(CC)c(CNC(CBr)C(C)C)c1Cl. The molecule has 1 N–H and O–H groups in total. The lowest BCUT2D eigenvalue weighted by Gasteiger charge is -2.20. The highest BCUT2D eigenvalue weighted by Crippen LogP contribution is 2.22. The van der Waals surface area contributed by atoms with Gasteiger partial charge in [-0.25, -0.2) is 0 Å². The molecule has 18 heavy (non-hydrogen) atoms. The molecule has 0 aliphatic heterocycles. The Morgan fingerprint density at radius 1 is 1.39 bits per heavy atom. The standard InChI is InChI=1S/C13H23BrClN3/c1-5-10-13(15)12(18(6-2)17-10)8-16-11(7-14)9(3)4/h9,11,16H,5-8H2,1-4H3. The fourth-order valence-corrected chi connectivity index (χ4v) is 3.19. The van der Waals surface area contributed by atoms with Gasteiger partial charge in [-0.15, -0.1) is 0 Å². The van der Waals surface area contributed by atoms with Crippen LogP contribution < -0.4 is 5.32 Å². The molecule has 0 fully saturated rings. The average Bonchev–Trinajstić information content (AvgIpc) is 2.66. The van der Waals surface area contributed by atoms with Crippen molar-refractivity contribution in [1.29, 1.82) is 0 Å². The summed E-state index contributed by atoms with van der Waals surface area (Å²) in [7, 11) is 0. The van der Waals surface area contributed by atoms with Gasteiger partial charge in [-0.05, 0) is 19.3 Å². The van der Waals surface area contributed by atoms with Gasteiger partial charge in [0.1, 0.15) is 0 Å². The maximum atomic E-state index is 6.38. The molecule has 1 atom stereocenters. The van der Waals surface area contributed by atoms with Crippen molar-refractivity contribution in [2.24, 2.45) is 5.92 Å². The summed E-state index contributed by atoms with van der Waals surface area (Å²) in [5.74, 6) is 0.590. The van der Waals surface area contributed by atoms with E-state index in [0.29, 0.717) is 12.0 Å². The first-order chi connectivity index (χ1) is 8.54. The number of aryl methyl sites for hydroxylation is 2. The largest absolute Gasteiger partial charge is 0.307 e. The van der Waals surface area contributed by atoms with Crippen LogP contribution in [0.1, 0.15) is 39.1 Å². The Hall–Kier alpha value is -0.0600. The number of nitrogens with zero attached hydrogens (tertiary/aromatic N) is 2. The van der Waals surface area contributed by atoms with Crippen molar-refractivity contribution in [3.8, 4) is 0 Å². The van der Waals surface area contributed by atoms with Crippen molar-refractivity contribution < 1.29 is 0 Å². The van der Waals surface area contributed by atoms with Gasteiger partial charge in [-0.3, -0.25) is 4.68 Å². The first-order valence-corrected chi connectivity index (χ1v) is 8.08. The zero-order valence-corrected chi connectivity index (χ0v) is 14.0. The minimum atomic E-state index is 0.450. The van der Waals surface area contributed by atoms with E-state index >= 15 is 0 Å². The van der Waals surface area contributed by atoms with Gasteiger partial charge in [0.05, 0.1) is 16.4 Å². The predicted octanol–water partition coefficient (Wildman–Crippen LogP) is 3.63. The molecule has 1 aromatic heterocycles. The molecule has 0 spiro atoms. The van der Waals surface area contributed by atoms with Crippen molar-refractivity contribution in [2.45, 2.75) is 53.2 Å². The summed E-state index contributed by atoms with van der Waals surface area (Å²) in [5, 5.41) is 9.84. The van der Waals surface area contributed by atoms with Crippen LogP contribution in [0.5, 0.6) is 0 Å². The predicted molar refractivity (Wildman–Crippen MR) is 81.5 cm³/mol. The minimum Gasteiger partial charge on any atom is -0.307 e. The molecule has 0 saturated heterocycles. The summed E-state index contributed by atoms with van der Waals surface area (Å²) >= 11 is 9.92. The fraction of sp³-hybridized carbons (Fsp3) is 0.769. The topological polar surface area (TPSA) is 29.9 Å². The Kier molecular flexibility index (Phi) is 6.67. The second-order valence-corrected chi connectivity index (χ2v) is 5.79. The Labute approximate surface area is 123 Å². The highest BCUT2D eigenvalue weighted by atomic mass is 79.9. The number of hydrogen-bond acceptors (Lipinski definition) is 2. The Balaban J connectivity index is 2.80. The van der Waals surface area contributed by atoms with Crippen LogP contribution >= 0.6 is 27.5 Å². The minimum absolute atomic E-state index is 0.450. The lowest BCUT2D eigenvalue weighted by atomic mass is 10.1. The summed E-state index contributed by atoms with van der Waals surface area (Å²) < 4.78 is 2.00. The quantitative estimate of drug-likeness (QED) is 0.771. The van der Waals surface area contributed by atoms with E-state index < -0.39 is 0 Å². The molecule has 1 rings (SSSR count). The van der Waals surface area contributed by atoms with Gasteiger partial charge in [0.15, 0.2) is 0 Å². The lowest BCUT2D eigenvalue weighted by molar-refractivity contribution is 0.424. The van der Waals surface area contributed by atoms with Gasteiger partial charge < -0.3 is 5.32 Å². The highest BCUT2D eigenvalue weighted by molar-refractivity contribution is 9.09. The molecular formula is C13H23BrClN3. The number of halogens is 2. The molecule has 1 aromatic rings. The van der Waals surface area contributed by atoms with Gasteiger partial charge in [0, 0.05) is 24.5 Å². The summed E-state index contributed by atoms with van der Waals surface area (Å²) in [6.07, 6.45) is 0.880. The van der Waals surface area contributed by atoms with E-state index in [2.05, 4.69) is 54.0 Å².